The molecule has 1 N–H and O–H groups in total. The largest absolute Gasteiger partial charge is 0.478 e. The number of hydrogen-bond donors (Lipinski definition) is 1. The number of hydrogen-bond acceptors (Lipinski definition) is 2. The predicted molar refractivity (Wildman–Crippen MR) is 74.0 cm³/mol. The van der Waals surface area contributed by atoms with Gasteiger partial charge in [-0.25, -0.2) is 4.79 Å². The van der Waals surface area contributed by atoms with E-state index in [0.29, 0.717) is 17.7 Å². The lowest BCUT2D eigenvalue weighted by molar-refractivity contribution is 0.0696. The number of carboxylic acids is 1. The zero-order chi connectivity index (χ0) is 14.3. The van der Waals surface area contributed by atoms with E-state index in [1.165, 1.54) is 0 Å². The number of aryl methyl sites for hydroxylation is 2. The van der Waals surface area contributed by atoms with E-state index in [4.69, 9.17) is 0 Å². The SMILES string of the molecule is CCn1c(C)c(C(C)=O)c2cc(C)c(C(=O)O)cc21. The molecule has 4 nitrogen and oxygen atoms in total. The maximum Gasteiger partial charge on any atom is 0.336 e. The van der Waals surface area contributed by atoms with Crippen molar-refractivity contribution in [2.24, 2.45) is 0 Å². The molecule has 100 valence electrons. The molecule has 1 aromatic carbocycles. The summed E-state index contributed by atoms with van der Waals surface area (Å²) in [5, 5.41) is 10.0. The van der Waals surface area contributed by atoms with Crippen LogP contribution in [0.1, 0.15) is 45.8 Å². The van der Waals surface area contributed by atoms with E-state index in [9.17, 15) is 14.7 Å². The van der Waals surface area contributed by atoms with E-state index in [0.717, 1.165) is 16.6 Å². The highest BCUT2D eigenvalue weighted by atomic mass is 16.4. The molecule has 1 aromatic heterocycles. The number of benzene rings is 1. The van der Waals surface area contributed by atoms with Crippen molar-refractivity contribution in [3.63, 3.8) is 0 Å². The third-order valence-corrected chi connectivity index (χ3v) is 3.57. The molecule has 19 heavy (non-hydrogen) atoms. The van der Waals surface area contributed by atoms with Crippen LogP contribution in [0.25, 0.3) is 10.9 Å². The van der Waals surface area contributed by atoms with Crippen molar-refractivity contribution in [1.29, 1.82) is 0 Å². The fourth-order valence-electron chi connectivity index (χ4n) is 2.71. The molecule has 2 rings (SSSR count). The fraction of sp³-hybridized carbons (Fsp3) is 0.333. The van der Waals surface area contributed by atoms with Gasteiger partial charge < -0.3 is 9.67 Å². The normalized spacial score (nSPS) is 10.9. The van der Waals surface area contributed by atoms with Gasteiger partial charge in [0.05, 0.1) is 5.56 Å². The number of carbonyl (C=O) groups is 2. The molecular formula is C15H17NO3. The third kappa shape index (κ3) is 1.93. The van der Waals surface area contributed by atoms with E-state index in [-0.39, 0.29) is 11.3 Å². The minimum atomic E-state index is -0.940. The molecule has 0 fully saturated rings. The molecule has 0 aliphatic carbocycles. The topological polar surface area (TPSA) is 59.3 Å². The van der Waals surface area contributed by atoms with Gasteiger partial charge in [-0.3, -0.25) is 4.79 Å². The van der Waals surface area contributed by atoms with Crippen molar-refractivity contribution in [2.75, 3.05) is 0 Å². The second kappa shape index (κ2) is 4.53. The number of nitrogens with zero attached hydrogens (tertiary/aromatic N) is 1. The highest BCUT2D eigenvalue weighted by Gasteiger charge is 2.19. The highest BCUT2D eigenvalue weighted by molar-refractivity contribution is 6.10. The molecule has 0 bridgehead atoms. The molecule has 0 spiro atoms. The van der Waals surface area contributed by atoms with Crippen molar-refractivity contribution in [1.82, 2.24) is 4.57 Å². The van der Waals surface area contributed by atoms with Gasteiger partial charge >= 0.3 is 5.97 Å². The first-order valence-corrected chi connectivity index (χ1v) is 6.26. The van der Waals surface area contributed by atoms with Crippen LogP contribution in [0.15, 0.2) is 12.1 Å². The molecule has 0 saturated carbocycles. The fourth-order valence-corrected chi connectivity index (χ4v) is 2.71. The molecule has 4 heteroatoms. The number of rotatable bonds is 3. The lowest BCUT2D eigenvalue weighted by Crippen LogP contribution is -2.01. The molecule has 2 aromatic rings. The summed E-state index contributed by atoms with van der Waals surface area (Å²) in [6.45, 7) is 7.89. The molecule has 0 aliphatic rings. The van der Waals surface area contributed by atoms with Crippen LogP contribution in [-0.2, 0) is 6.54 Å². The summed E-state index contributed by atoms with van der Waals surface area (Å²) >= 11 is 0. The van der Waals surface area contributed by atoms with Gasteiger partial charge in [0, 0.05) is 28.7 Å². The number of ketones is 1. The highest BCUT2D eigenvalue weighted by Crippen LogP contribution is 2.29. The van der Waals surface area contributed by atoms with E-state index in [1.807, 2.05) is 18.4 Å². The minimum absolute atomic E-state index is 0.0113. The van der Waals surface area contributed by atoms with Crippen molar-refractivity contribution in [3.05, 3.63) is 34.5 Å². The van der Waals surface area contributed by atoms with Crippen LogP contribution in [0.2, 0.25) is 0 Å². The summed E-state index contributed by atoms with van der Waals surface area (Å²) in [5.41, 5.74) is 3.36. The van der Waals surface area contributed by atoms with E-state index in [1.54, 1.807) is 26.0 Å². The number of aromatic carboxylic acids is 1. The number of Topliss-reactive ketones (excluding diaryl/α,β-unsaturated/α-hetero) is 1. The average Bonchev–Trinajstić information content (AvgIpc) is 2.58. The quantitative estimate of drug-likeness (QED) is 0.861. The Kier molecular flexibility index (Phi) is 3.18. The molecule has 0 atom stereocenters. The summed E-state index contributed by atoms with van der Waals surface area (Å²) in [7, 11) is 0. The summed E-state index contributed by atoms with van der Waals surface area (Å²) < 4.78 is 1.98. The van der Waals surface area contributed by atoms with Gasteiger partial charge in [0.15, 0.2) is 5.78 Å². The van der Waals surface area contributed by atoms with Crippen molar-refractivity contribution >= 4 is 22.7 Å². The monoisotopic (exact) mass is 259 g/mol. The van der Waals surface area contributed by atoms with Gasteiger partial charge in [0.25, 0.3) is 0 Å². The third-order valence-electron chi connectivity index (χ3n) is 3.57. The van der Waals surface area contributed by atoms with Gasteiger partial charge in [0.2, 0.25) is 0 Å². The molecule has 0 unspecified atom stereocenters. The Morgan fingerprint density at radius 2 is 1.89 bits per heavy atom. The zero-order valence-electron chi connectivity index (χ0n) is 11.6. The Bertz CT molecular complexity index is 695. The Balaban J connectivity index is 2.94. The summed E-state index contributed by atoms with van der Waals surface area (Å²) in [5.74, 6) is -0.928. The Labute approximate surface area is 111 Å². The van der Waals surface area contributed by atoms with Crippen LogP contribution < -0.4 is 0 Å². The molecule has 1 heterocycles. The number of fused-ring (bicyclic) bond motifs is 1. The van der Waals surface area contributed by atoms with E-state index < -0.39 is 5.97 Å². The second-order valence-corrected chi connectivity index (χ2v) is 4.75. The lowest BCUT2D eigenvalue weighted by Gasteiger charge is -2.06. The van der Waals surface area contributed by atoms with Crippen LogP contribution >= 0.6 is 0 Å². The lowest BCUT2D eigenvalue weighted by atomic mass is 10.0. The predicted octanol–water partition coefficient (Wildman–Crippen LogP) is 3.18. The smallest absolute Gasteiger partial charge is 0.336 e. The molecule has 0 aliphatic heterocycles. The van der Waals surface area contributed by atoms with Gasteiger partial charge in [-0.05, 0) is 45.4 Å². The first-order chi connectivity index (χ1) is 8.88. The van der Waals surface area contributed by atoms with Crippen LogP contribution in [0.5, 0.6) is 0 Å². The van der Waals surface area contributed by atoms with Crippen LogP contribution in [0, 0.1) is 13.8 Å². The van der Waals surface area contributed by atoms with Gasteiger partial charge in [-0.15, -0.1) is 0 Å². The first kappa shape index (κ1) is 13.3. The van der Waals surface area contributed by atoms with Gasteiger partial charge in [-0.1, -0.05) is 0 Å². The zero-order valence-corrected chi connectivity index (χ0v) is 11.6. The molecular weight excluding hydrogens is 242 g/mol. The number of carbonyl (C=O) groups excluding carboxylic acids is 1. The second-order valence-electron chi connectivity index (χ2n) is 4.75. The Morgan fingerprint density at radius 1 is 1.26 bits per heavy atom. The maximum absolute atomic E-state index is 11.8. The van der Waals surface area contributed by atoms with Crippen LogP contribution in [-0.4, -0.2) is 21.4 Å². The van der Waals surface area contributed by atoms with E-state index in [2.05, 4.69) is 0 Å². The Morgan fingerprint density at radius 3 is 2.37 bits per heavy atom. The summed E-state index contributed by atoms with van der Waals surface area (Å²) in [6.07, 6.45) is 0. The number of aromatic nitrogens is 1. The molecule has 0 radical (unpaired) electrons. The van der Waals surface area contributed by atoms with Gasteiger partial charge in [0.1, 0.15) is 0 Å². The first-order valence-electron chi connectivity index (χ1n) is 6.26. The van der Waals surface area contributed by atoms with Crippen molar-refractivity contribution in [2.45, 2.75) is 34.2 Å². The van der Waals surface area contributed by atoms with Crippen LogP contribution in [0.3, 0.4) is 0 Å². The van der Waals surface area contributed by atoms with Crippen molar-refractivity contribution < 1.29 is 14.7 Å². The average molecular weight is 259 g/mol. The summed E-state index contributed by atoms with van der Waals surface area (Å²) in [6, 6.07) is 3.46. The van der Waals surface area contributed by atoms with Crippen molar-refractivity contribution in [3.8, 4) is 0 Å². The molecule has 0 saturated heterocycles. The van der Waals surface area contributed by atoms with Gasteiger partial charge in [-0.2, -0.15) is 0 Å². The summed E-state index contributed by atoms with van der Waals surface area (Å²) in [4.78, 5) is 23.0. The maximum atomic E-state index is 11.8. The number of carboxylic acid groups (broad SMARTS) is 1. The standard InChI is InChI=1S/C15H17NO3/c1-5-16-9(3)14(10(4)17)12-6-8(2)11(15(18)19)7-13(12)16/h6-7H,5H2,1-4H3,(H,18,19). The molecule has 0 amide bonds. The van der Waals surface area contributed by atoms with Crippen LogP contribution in [0.4, 0.5) is 0 Å². The van der Waals surface area contributed by atoms with E-state index >= 15 is 0 Å². The Hall–Kier alpha value is -2.10. The minimum Gasteiger partial charge on any atom is -0.478 e.